The summed E-state index contributed by atoms with van der Waals surface area (Å²) in [5, 5.41) is 0.829. The standard InChI is InChI=1S/C16H17O3P/c1-3-11-5-7-13-15(9-11)20(17,18)16-10-12(4-2)6-8-14(16)19-13/h5-10H,3-4H2,1-2H3,(H,17,18). The Morgan fingerprint density at radius 1 is 0.950 bits per heavy atom. The van der Waals surface area contributed by atoms with Gasteiger partial charge in [0.1, 0.15) is 11.5 Å². The Morgan fingerprint density at radius 2 is 1.40 bits per heavy atom. The van der Waals surface area contributed by atoms with E-state index in [0.717, 1.165) is 24.0 Å². The monoisotopic (exact) mass is 288 g/mol. The fourth-order valence-electron chi connectivity index (χ4n) is 2.46. The molecule has 1 aliphatic rings. The largest absolute Gasteiger partial charge is 0.456 e. The maximum Gasteiger partial charge on any atom is 0.266 e. The van der Waals surface area contributed by atoms with Crippen molar-refractivity contribution in [1.29, 1.82) is 0 Å². The summed E-state index contributed by atoms with van der Waals surface area (Å²) in [4.78, 5) is 10.6. The molecule has 0 fully saturated rings. The minimum atomic E-state index is -3.57. The third-order valence-corrected chi connectivity index (χ3v) is 5.74. The third kappa shape index (κ3) is 1.98. The Kier molecular flexibility index (Phi) is 3.19. The van der Waals surface area contributed by atoms with Crippen LogP contribution in [-0.4, -0.2) is 4.89 Å². The minimum absolute atomic E-state index is 0.414. The molecule has 0 saturated carbocycles. The molecule has 3 nitrogen and oxygen atoms in total. The first-order valence-electron chi connectivity index (χ1n) is 6.84. The molecule has 0 spiro atoms. The van der Waals surface area contributed by atoms with E-state index in [9.17, 15) is 9.46 Å². The van der Waals surface area contributed by atoms with Gasteiger partial charge in [-0.15, -0.1) is 0 Å². The number of benzene rings is 2. The van der Waals surface area contributed by atoms with E-state index in [1.54, 1.807) is 24.3 Å². The molecular formula is C16H17O3P. The maximum atomic E-state index is 12.9. The fraction of sp³-hybridized carbons (Fsp3) is 0.250. The molecule has 0 atom stereocenters. The van der Waals surface area contributed by atoms with Crippen molar-refractivity contribution in [1.82, 2.24) is 0 Å². The Balaban J connectivity index is 2.22. The number of fused-ring (bicyclic) bond motifs is 2. The maximum absolute atomic E-state index is 12.9. The van der Waals surface area contributed by atoms with Crippen molar-refractivity contribution < 1.29 is 14.2 Å². The molecule has 0 saturated heterocycles. The lowest BCUT2D eigenvalue weighted by molar-refractivity contribution is 0.465. The predicted octanol–water partition coefficient (Wildman–Crippen LogP) is 3.14. The van der Waals surface area contributed by atoms with Crippen LogP contribution in [0, 0.1) is 0 Å². The highest BCUT2D eigenvalue weighted by molar-refractivity contribution is 7.74. The Labute approximate surface area is 118 Å². The van der Waals surface area contributed by atoms with Crippen LogP contribution >= 0.6 is 7.37 Å². The second-order valence-corrected chi connectivity index (χ2v) is 7.11. The SMILES string of the molecule is CCc1ccc2c(c1)P(=O)(O)c1cc(CC)ccc1O2. The molecule has 1 aliphatic heterocycles. The summed E-state index contributed by atoms with van der Waals surface area (Å²) in [6, 6.07) is 11.0. The van der Waals surface area contributed by atoms with Crippen LogP contribution in [0.5, 0.6) is 11.5 Å². The van der Waals surface area contributed by atoms with E-state index in [1.165, 1.54) is 0 Å². The molecule has 0 radical (unpaired) electrons. The van der Waals surface area contributed by atoms with Gasteiger partial charge in [0.15, 0.2) is 0 Å². The fourth-order valence-corrected chi connectivity index (χ4v) is 4.24. The number of aryl methyl sites for hydroxylation is 2. The summed E-state index contributed by atoms with van der Waals surface area (Å²) < 4.78 is 18.7. The molecular weight excluding hydrogens is 271 g/mol. The average Bonchev–Trinajstić information content (AvgIpc) is 2.47. The molecule has 2 aromatic carbocycles. The molecule has 0 bridgehead atoms. The van der Waals surface area contributed by atoms with Gasteiger partial charge in [-0.2, -0.15) is 0 Å². The Hall–Kier alpha value is -1.57. The molecule has 2 aromatic rings. The van der Waals surface area contributed by atoms with Gasteiger partial charge in [0.05, 0.1) is 10.6 Å². The molecule has 20 heavy (non-hydrogen) atoms. The van der Waals surface area contributed by atoms with Gasteiger partial charge >= 0.3 is 0 Å². The second-order valence-electron chi connectivity index (χ2n) is 4.99. The molecule has 104 valence electrons. The molecule has 3 rings (SSSR count). The lowest BCUT2D eigenvalue weighted by Gasteiger charge is -2.25. The van der Waals surface area contributed by atoms with Crippen LogP contribution in [0.15, 0.2) is 36.4 Å². The van der Waals surface area contributed by atoms with Crippen LogP contribution in [0.3, 0.4) is 0 Å². The van der Waals surface area contributed by atoms with E-state index < -0.39 is 7.37 Å². The van der Waals surface area contributed by atoms with Gasteiger partial charge in [-0.05, 0) is 48.2 Å². The third-order valence-electron chi connectivity index (χ3n) is 3.74. The van der Waals surface area contributed by atoms with Gasteiger partial charge < -0.3 is 9.63 Å². The number of ether oxygens (including phenoxy) is 1. The molecule has 0 amide bonds. The van der Waals surface area contributed by atoms with Crippen molar-refractivity contribution in [2.75, 3.05) is 0 Å². The van der Waals surface area contributed by atoms with Crippen molar-refractivity contribution in [2.45, 2.75) is 26.7 Å². The van der Waals surface area contributed by atoms with Crippen molar-refractivity contribution in [3.05, 3.63) is 47.5 Å². The first kappa shape index (κ1) is 13.4. The second kappa shape index (κ2) is 4.76. The molecule has 0 unspecified atom stereocenters. The zero-order valence-electron chi connectivity index (χ0n) is 11.6. The van der Waals surface area contributed by atoms with Crippen molar-refractivity contribution in [2.24, 2.45) is 0 Å². The Bertz CT molecular complexity index is 664. The first-order valence-corrected chi connectivity index (χ1v) is 8.49. The Morgan fingerprint density at radius 3 is 1.80 bits per heavy atom. The van der Waals surface area contributed by atoms with E-state index >= 15 is 0 Å². The molecule has 1 N–H and O–H groups in total. The molecule has 1 heterocycles. The minimum Gasteiger partial charge on any atom is -0.456 e. The van der Waals surface area contributed by atoms with Gasteiger partial charge in [-0.25, -0.2) is 0 Å². The summed E-state index contributed by atoms with van der Waals surface area (Å²) in [5.74, 6) is 0.981. The van der Waals surface area contributed by atoms with Crippen molar-refractivity contribution in [3.8, 4) is 11.5 Å². The van der Waals surface area contributed by atoms with Crippen LogP contribution in [0.2, 0.25) is 0 Å². The van der Waals surface area contributed by atoms with Crippen LogP contribution in [0.25, 0.3) is 0 Å². The summed E-state index contributed by atoms with van der Waals surface area (Å²) in [5.41, 5.74) is 2.08. The number of hydrogen-bond donors (Lipinski definition) is 1. The zero-order chi connectivity index (χ0) is 14.3. The van der Waals surface area contributed by atoms with E-state index in [2.05, 4.69) is 0 Å². The topological polar surface area (TPSA) is 46.5 Å². The van der Waals surface area contributed by atoms with Gasteiger partial charge in [0.25, 0.3) is 7.37 Å². The highest BCUT2D eigenvalue weighted by Crippen LogP contribution is 2.49. The van der Waals surface area contributed by atoms with Gasteiger partial charge in [0, 0.05) is 0 Å². The van der Waals surface area contributed by atoms with Crippen LogP contribution in [0.4, 0.5) is 0 Å². The first-order chi connectivity index (χ1) is 9.56. The molecule has 4 heteroatoms. The number of rotatable bonds is 2. The summed E-state index contributed by atoms with van der Waals surface area (Å²) in [7, 11) is -3.57. The van der Waals surface area contributed by atoms with Gasteiger partial charge in [-0.3, -0.25) is 4.57 Å². The van der Waals surface area contributed by atoms with Gasteiger partial charge in [0.2, 0.25) is 0 Å². The van der Waals surface area contributed by atoms with Crippen LogP contribution in [0.1, 0.15) is 25.0 Å². The highest BCUT2D eigenvalue weighted by Gasteiger charge is 2.36. The quantitative estimate of drug-likeness (QED) is 0.864. The summed E-state index contributed by atoms with van der Waals surface area (Å²) in [6.45, 7) is 4.05. The smallest absolute Gasteiger partial charge is 0.266 e. The van der Waals surface area contributed by atoms with Crippen molar-refractivity contribution in [3.63, 3.8) is 0 Å². The summed E-state index contributed by atoms with van der Waals surface area (Å²) >= 11 is 0. The van der Waals surface area contributed by atoms with E-state index in [4.69, 9.17) is 4.74 Å². The van der Waals surface area contributed by atoms with Gasteiger partial charge in [-0.1, -0.05) is 26.0 Å². The summed E-state index contributed by atoms with van der Waals surface area (Å²) in [6.07, 6.45) is 1.66. The van der Waals surface area contributed by atoms with E-state index in [-0.39, 0.29) is 0 Å². The normalized spacial score (nSPS) is 15.2. The lowest BCUT2D eigenvalue weighted by atomic mass is 10.1. The average molecular weight is 288 g/mol. The molecule has 0 aliphatic carbocycles. The van der Waals surface area contributed by atoms with Crippen LogP contribution in [-0.2, 0) is 17.4 Å². The van der Waals surface area contributed by atoms with Crippen LogP contribution < -0.4 is 15.3 Å². The zero-order valence-corrected chi connectivity index (χ0v) is 12.5. The highest BCUT2D eigenvalue weighted by atomic mass is 31.2. The van der Waals surface area contributed by atoms with Crippen molar-refractivity contribution >= 4 is 18.0 Å². The lowest BCUT2D eigenvalue weighted by Crippen LogP contribution is -2.24. The van der Waals surface area contributed by atoms with E-state index in [0.29, 0.717) is 22.1 Å². The predicted molar refractivity (Wildman–Crippen MR) is 80.8 cm³/mol. The number of hydrogen-bond acceptors (Lipinski definition) is 2. The van der Waals surface area contributed by atoms with E-state index in [1.807, 2.05) is 26.0 Å². The molecule has 0 aromatic heterocycles.